The number of hydrogen-bond acceptors (Lipinski definition) is 1. The summed E-state index contributed by atoms with van der Waals surface area (Å²) in [7, 11) is 2.12. The van der Waals surface area contributed by atoms with Gasteiger partial charge in [-0.2, -0.15) is 0 Å². The molecule has 0 bridgehead atoms. The van der Waals surface area contributed by atoms with Crippen molar-refractivity contribution in [2.75, 3.05) is 18.5 Å². The van der Waals surface area contributed by atoms with Gasteiger partial charge in [0.25, 0.3) is 0 Å². The van der Waals surface area contributed by atoms with Crippen LogP contribution < -0.4 is 4.90 Å². The molecule has 0 spiro atoms. The molecule has 1 aromatic carbocycles. The van der Waals surface area contributed by atoms with Crippen molar-refractivity contribution >= 4 is 28.9 Å². The summed E-state index contributed by atoms with van der Waals surface area (Å²) in [4.78, 5) is 2.28. The van der Waals surface area contributed by atoms with Crippen molar-refractivity contribution in [2.24, 2.45) is 11.8 Å². The number of hydrogen-bond donors (Lipinski definition) is 0. The van der Waals surface area contributed by atoms with E-state index in [0.717, 1.165) is 29.0 Å². The average Bonchev–Trinajstić information content (AvgIpc) is 2.94. The maximum absolute atomic E-state index is 6.14. The zero-order valence-electron chi connectivity index (χ0n) is 9.71. The monoisotopic (exact) mass is 257 g/mol. The molecule has 2 unspecified atom stereocenters. The molecule has 88 valence electrons. The predicted molar refractivity (Wildman–Crippen MR) is 71.6 cm³/mol. The van der Waals surface area contributed by atoms with Gasteiger partial charge in [0.2, 0.25) is 0 Å². The van der Waals surface area contributed by atoms with E-state index in [4.69, 9.17) is 23.2 Å². The number of halogens is 2. The lowest BCUT2D eigenvalue weighted by molar-refractivity contribution is 0.725. The summed E-state index contributed by atoms with van der Waals surface area (Å²) in [5.74, 6) is 2.22. The van der Waals surface area contributed by atoms with E-state index in [-0.39, 0.29) is 0 Å². The maximum atomic E-state index is 6.14. The highest BCUT2D eigenvalue weighted by Crippen LogP contribution is 2.39. The third kappa shape index (κ3) is 2.64. The van der Waals surface area contributed by atoms with Crippen LogP contribution in [0.1, 0.15) is 18.9 Å². The first-order valence-electron chi connectivity index (χ1n) is 5.67. The van der Waals surface area contributed by atoms with E-state index >= 15 is 0 Å². The Labute approximate surface area is 107 Å². The third-order valence-corrected chi connectivity index (χ3v) is 4.05. The van der Waals surface area contributed by atoms with Gasteiger partial charge in [-0.25, -0.2) is 0 Å². The van der Waals surface area contributed by atoms with Gasteiger partial charge in [0.05, 0.1) is 0 Å². The van der Waals surface area contributed by atoms with E-state index in [0.29, 0.717) is 5.88 Å². The van der Waals surface area contributed by atoms with Crippen LogP contribution in [-0.2, 0) is 5.88 Å². The fourth-order valence-electron chi connectivity index (χ4n) is 1.99. The molecule has 1 aliphatic carbocycles. The van der Waals surface area contributed by atoms with Crippen molar-refractivity contribution in [1.29, 1.82) is 0 Å². The quantitative estimate of drug-likeness (QED) is 0.732. The highest BCUT2D eigenvalue weighted by atomic mass is 35.5. The SMILES string of the molecule is CC1CC1CN(C)c1ccc(CCl)c(Cl)c1. The van der Waals surface area contributed by atoms with Gasteiger partial charge < -0.3 is 4.90 Å². The molecular weight excluding hydrogens is 241 g/mol. The van der Waals surface area contributed by atoms with Gasteiger partial charge in [0, 0.05) is 30.2 Å². The van der Waals surface area contributed by atoms with Crippen molar-refractivity contribution in [3.8, 4) is 0 Å². The van der Waals surface area contributed by atoms with Crippen molar-refractivity contribution in [1.82, 2.24) is 0 Å². The Bertz CT molecular complexity index is 378. The number of benzene rings is 1. The van der Waals surface area contributed by atoms with Crippen molar-refractivity contribution in [3.05, 3.63) is 28.8 Å². The first kappa shape index (κ1) is 12.1. The fourth-order valence-corrected chi connectivity index (χ4v) is 2.54. The van der Waals surface area contributed by atoms with Gasteiger partial charge in [-0.1, -0.05) is 24.6 Å². The minimum absolute atomic E-state index is 0.475. The summed E-state index contributed by atoms with van der Waals surface area (Å²) in [5.41, 5.74) is 2.18. The number of nitrogens with zero attached hydrogens (tertiary/aromatic N) is 1. The lowest BCUT2D eigenvalue weighted by Crippen LogP contribution is -2.20. The van der Waals surface area contributed by atoms with Crippen LogP contribution in [0, 0.1) is 11.8 Å². The van der Waals surface area contributed by atoms with Crippen molar-refractivity contribution in [2.45, 2.75) is 19.2 Å². The molecule has 16 heavy (non-hydrogen) atoms. The van der Waals surface area contributed by atoms with Gasteiger partial charge in [0.1, 0.15) is 0 Å². The van der Waals surface area contributed by atoms with Gasteiger partial charge in [-0.05, 0) is 36.0 Å². The summed E-state index contributed by atoms with van der Waals surface area (Å²) in [6.45, 7) is 3.43. The minimum Gasteiger partial charge on any atom is -0.374 e. The van der Waals surface area contributed by atoms with Crippen LogP contribution in [0.3, 0.4) is 0 Å². The van der Waals surface area contributed by atoms with E-state index in [9.17, 15) is 0 Å². The van der Waals surface area contributed by atoms with Crippen LogP contribution in [0.4, 0.5) is 5.69 Å². The van der Waals surface area contributed by atoms with Gasteiger partial charge >= 0.3 is 0 Å². The number of anilines is 1. The molecule has 0 radical (unpaired) electrons. The second-order valence-corrected chi connectivity index (χ2v) is 5.44. The van der Waals surface area contributed by atoms with Crippen molar-refractivity contribution < 1.29 is 0 Å². The molecule has 0 heterocycles. The molecule has 0 amide bonds. The molecule has 3 heteroatoms. The molecule has 1 saturated carbocycles. The van der Waals surface area contributed by atoms with Gasteiger partial charge in [-0.15, -0.1) is 11.6 Å². The third-order valence-electron chi connectivity index (χ3n) is 3.41. The maximum Gasteiger partial charge on any atom is 0.0488 e. The van der Waals surface area contributed by atoms with E-state index in [2.05, 4.69) is 24.9 Å². The Kier molecular flexibility index (Phi) is 3.66. The standard InChI is InChI=1S/C13H17Cl2N/c1-9-5-11(9)8-16(2)12-4-3-10(7-14)13(15)6-12/h3-4,6,9,11H,5,7-8H2,1-2H3. The second kappa shape index (κ2) is 4.85. The van der Waals surface area contributed by atoms with Crippen LogP contribution >= 0.6 is 23.2 Å². The molecule has 0 saturated heterocycles. The van der Waals surface area contributed by atoms with E-state index in [1.165, 1.54) is 12.1 Å². The normalized spacial score (nSPS) is 23.2. The molecular formula is C13H17Cl2N. The summed E-state index contributed by atoms with van der Waals surface area (Å²) >= 11 is 11.9. The highest BCUT2D eigenvalue weighted by molar-refractivity contribution is 6.32. The molecule has 0 aliphatic heterocycles. The Morgan fingerprint density at radius 1 is 1.44 bits per heavy atom. The first-order chi connectivity index (χ1) is 7.61. The predicted octanol–water partition coefficient (Wildman–Crippen LogP) is 4.17. The lowest BCUT2D eigenvalue weighted by Gasteiger charge is -2.20. The van der Waals surface area contributed by atoms with E-state index in [1.807, 2.05) is 12.1 Å². The summed E-state index contributed by atoms with van der Waals surface area (Å²) in [6.07, 6.45) is 1.36. The number of rotatable bonds is 4. The second-order valence-electron chi connectivity index (χ2n) is 4.76. The van der Waals surface area contributed by atoms with Crippen LogP contribution in [0.2, 0.25) is 5.02 Å². The smallest absolute Gasteiger partial charge is 0.0488 e. The Morgan fingerprint density at radius 3 is 2.62 bits per heavy atom. The molecule has 2 rings (SSSR count). The Balaban J connectivity index is 2.05. The van der Waals surface area contributed by atoms with Crippen LogP contribution in [0.15, 0.2) is 18.2 Å². The molecule has 1 aromatic rings. The van der Waals surface area contributed by atoms with Gasteiger partial charge in [-0.3, -0.25) is 0 Å². The molecule has 2 atom stereocenters. The summed E-state index contributed by atoms with van der Waals surface area (Å²) in [5, 5.41) is 0.767. The summed E-state index contributed by atoms with van der Waals surface area (Å²) < 4.78 is 0. The van der Waals surface area contributed by atoms with Gasteiger partial charge in [0.15, 0.2) is 0 Å². The first-order valence-corrected chi connectivity index (χ1v) is 6.58. The lowest BCUT2D eigenvalue weighted by atomic mass is 10.2. The highest BCUT2D eigenvalue weighted by Gasteiger charge is 2.33. The average molecular weight is 258 g/mol. The van der Waals surface area contributed by atoms with Crippen molar-refractivity contribution in [3.63, 3.8) is 0 Å². The minimum atomic E-state index is 0.475. The topological polar surface area (TPSA) is 3.24 Å². The van der Waals surface area contributed by atoms with E-state index in [1.54, 1.807) is 0 Å². The number of alkyl halides is 1. The zero-order valence-corrected chi connectivity index (χ0v) is 11.2. The molecule has 0 N–H and O–H groups in total. The fraction of sp³-hybridized carbons (Fsp3) is 0.538. The molecule has 0 aromatic heterocycles. The Morgan fingerprint density at radius 2 is 2.12 bits per heavy atom. The van der Waals surface area contributed by atoms with E-state index < -0.39 is 0 Å². The largest absolute Gasteiger partial charge is 0.374 e. The molecule has 1 nitrogen and oxygen atoms in total. The zero-order chi connectivity index (χ0) is 11.7. The molecule has 1 aliphatic rings. The van der Waals surface area contributed by atoms with Crippen LogP contribution in [0.5, 0.6) is 0 Å². The summed E-state index contributed by atoms with van der Waals surface area (Å²) in [6, 6.07) is 6.11. The molecule has 1 fully saturated rings. The Hall–Kier alpha value is -0.400. The van der Waals surface area contributed by atoms with Crippen LogP contribution in [0.25, 0.3) is 0 Å². The van der Waals surface area contributed by atoms with Crippen LogP contribution in [-0.4, -0.2) is 13.6 Å².